The van der Waals surface area contributed by atoms with Gasteiger partial charge in [0.15, 0.2) is 5.03 Å². The van der Waals surface area contributed by atoms with Crippen LogP contribution in [0.1, 0.15) is 18.3 Å². The maximum Gasteiger partial charge on any atom is 0.278 e. The fourth-order valence-electron chi connectivity index (χ4n) is 1.45. The first-order valence-electron chi connectivity index (χ1n) is 5.50. The number of H-pyrrole nitrogens is 1. The van der Waals surface area contributed by atoms with E-state index >= 15 is 0 Å². The molecule has 0 saturated heterocycles. The van der Waals surface area contributed by atoms with Crippen molar-refractivity contribution >= 4 is 15.7 Å². The number of imidazole rings is 1. The number of hydrogen-bond donors (Lipinski definition) is 2. The standard InChI is InChI=1S/C11H14N4O2S/c1-3-10-13-7-11(14-10)18(16,17)15-9-4-5-12-6-8(9)2/h4-7H,3H2,1-2H3,(H,12,15)(H,13,14). The van der Waals surface area contributed by atoms with E-state index in [0.717, 1.165) is 5.56 Å². The maximum atomic E-state index is 12.1. The van der Waals surface area contributed by atoms with Gasteiger partial charge in [0.1, 0.15) is 5.82 Å². The normalized spacial score (nSPS) is 11.4. The van der Waals surface area contributed by atoms with Crippen molar-refractivity contribution in [1.29, 1.82) is 0 Å². The summed E-state index contributed by atoms with van der Waals surface area (Å²) in [6.45, 7) is 3.69. The van der Waals surface area contributed by atoms with E-state index in [0.29, 0.717) is 17.9 Å². The summed E-state index contributed by atoms with van der Waals surface area (Å²) in [6, 6.07) is 1.62. The van der Waals surface area contributed by atoms with Crippen LogP contribution >= 0.6 is 0 Å². The van der Waals surface area contributed by atoms with Crippen LogP contribution in [0.2, 0.25) is 0 Å². The number of aryl methyl sites for hydroxylation is 2. The molecule has 7 heteroatoms. The summed E-state index contributed by atoms with van der Waals surface area (Å²) in [4.78, 5) is 10.7. The highest BCUT2D eigenvalue weighted by molar-refractivity contribution is 7.92. The highest BCUT2D eigenvalue weighted by atomic mass is 32.2. The van der Waals surface area contributed by atoms with Gasteiger partial charge < -0.3 is 4.98 Å². The summed E-state index contributed by atoms with van der Waals surface area (Å²) < 4.78 is 26.7. The Labute approximate surface area is 106 Å². The molecule has 0 aromatic carbocycles. The number of rotatable bonds is 4. The summed E-state index contributed by atoms with van der Waals surface area (Å²) in [6.07, 6.45) is 5.11. The van der Waals surface area contributed by atoms with Crippen molar-refractivity contribution in [3.8, 4) is 0 Å². The van der Waals surface area contributed by atoms with Crippen LogP contribution in [-0.4, -0.2) is 23.4 Å². The highest BCUT2D eigenvalue weighted by Gasteiger charge is 2.17. The number of nitrogens with one attached hydrogen (secondary N) is 2. The molecule has 0 aliphatic carbocycles. The number of aromatic amines is 1. The second kappa shape index (κ2) is 4.77. The molecule has 2 aromatic rings. The van der Waals surface area contributed by atoms with Crippen LogP contribution in [0.15, 0.2) is 29.7 Å². The first-order valence-corrected chi connectivity index (χ1v) is 6.98. The zero-order valence-electron chi connectivity index (χ0n) is 10.1. The lowest BCUT2D eigenvalue weighted by atomic mass is 10.3. The predicted molar refractivity (Wildman–Crippen MR) is 67.7 cm³/mol. The zero-order chi connectivity index (χ0) is 13.2. The van der Waals surface area contributed by atoms with Crippen LogP contribution in [0.5, 0.6) is 0 Å². The Hall–Kier alpha value is -1.89. The van der Waals surface area contributed by atoms with Crippen molar-refractivity contribution < 1.29 is 8.42 Å². The summed E-state index contributed by atoms with van der Waals surface area (Å²) >= 11 is 0. The van der Waals surface area contributed by atoms with E-state index in [1.54, 1.807) is 19.2 Å². The highest BCUT2D eigenvalue weighted by Crippen LogP contribution is 2.17. The average molecular weight is 266 g/mol. The van der Waals surface area contributed by atoms with Gasteiger partial charge in [0, 0.05) is 18.8 Å². The van der Waals surface area contributed by atoms with Gasteiger partial charge in [-0.2, -0.15) is 8.42 Å². The molecular weight excluding hydrogens is 252 g/mol. The number of pyridine rings is 1. The lowest BCUT2D eigenvalue weighted by Gasteiger charge is -2.08. The van der Waals surface area contributed by atoms with Gasteiger partial charge in [0.05, 0.1) is 11.9 Å². The molecule has 96 valence electrons. The van der Waals surface area contributed by atoms with Crippen LogP contribution in [0, 0.1) is 6.92 Å². The summed E-state index contributed by atoms with van der Waals surface area (Å²) in [5.41, 5.74) is 1.27. The minimum atomic E-state index is -3.62. The molecule has 18 heavy (non-hydrogen) atoms. The maximum absolute atomic E-state index is 12.1. The first-order chi connectivity index (χ1) is 8.53. The molecule has 0 unspecified atom stereocenters. The second-order valence-corrected chi connectivity index (χ2v) is 5.49. The van der Waals surface area contributed by atoms with Crippen molar-refractivity contribution in [2.45, 2.75) is 25.3 Å². The van der Waals surface area contributed by atoms with Gasteiger partial charge in [0.2, 0.25) is 0 Å². The lowest BCUT2D eigenvalue weighted by molar-refractivity contribution is 0.598. The van der Waals surface area contributed by atoms with E-state index in [2.05, 4.69) is 19.7 Å². The number of anilines is 1. The molecule has 6 nitrogen and oxygen atoms in total. The second-order valence-electron chi connectivity index (χ2n) is 3.84. The Balaban J connectivity index is 2.30. The zero-order valence-corrected chi connectivity index (χ0v) is 11.0. The molecule has 0 bridgehead atoms. The third-order valence-electron chi connectivity index (χ3n) is 2.49. The first kappa shape index (κ1) is 12.6. The van der Waals surface area contributed by atoms with E-state index in [-0.39, 0.29) is 5.03 Å². The Morgan fingerprint density at radius 1 is 1.39 bits per heavy atom. The number of nitrogens with zero attached hydrogens (tertiary/aromatic N) is 2. The van der Waals surface area contributed by atoms with Gasteiger partial charge >= 0.3 is 0 Å². The molecule has 0 aliphatic heterocycles. The largest absolute Gasteiger partial charge is 0.332 e. The van der Waals surface area contributed by atoms with E-state index in [9.17, 15) is 8.42 Å². The van der Waals surface area contributed by atoms with Crippen LogP contribution in [0.3, 0.4) is 0 Å². The van der Waals surface area contributed by atoms with Crippen molar-refractivity contribution in [3.63, 3.8) is 0 Å². The predicted octanol–water partition coefficient (Wildman–Crippen LogP) is 1.48. The van der Waals surface area contributed by atoms with E-state index in [1.165, 1.54) is 12.4 Å². The molecule has 0 atom stereocenters. The third kappa shape index (κ3) is 2.51. The summed E-state index contributed by atoms with van der Waals surface area (Å²) in [7, 11) is -3.62. The molecule has 2 rings (SSSR count). The molecule has 0 radical (unpaired) electrons. The van der Waals surface area contributed by atoms with Crippen LogP contribution in [0.4, 0.5) is 5.69 Å². The fourth-order valence-corrected chi connectivity index (χ4v) is 2.52. The molecule has 0 saturated carbocycles. The SMILES string of the molecule is CCc1ncc(S(=O)(=O)Nc2ccncc2C)[nH]1. The van der Waals surface area contributed by atoms with Crippen LogP contribution in [0.25, 0.3) is 0 Å². The Morgan fingerprint density at radius 2 is 2.17 bits per heavy atom. The van der Waals surface area contributed by atoms with Gasteiger partial charge in [-0.15, -0.1) is 0 Å². The quantitative estimate of drug-likeness (QED) is 0.877. The smallest absolute Gasteiger partial charge is 0.278 e. The number of sulfonamides is 1. The fraction of sp³-hybridized carbons (Fsp3) is 0.273. The monoisotopic (exact) mass is 266 g/mol. The average Bonchev–Trinajstić information content (AvgIpc) is 2.81. The van der Waals surface area contributed by atoms with E-state index < -0.39 is 10.0 Å². The summed E-state index contributed by atoms with van der Waals surface area (Å²) in [5.74, 6) is 0.641. The van der Waals surface area contributed by atoms with Crippen LogP contribution < -0.4 is 4.72 Å². The van der Waals surface area contributed by atoms with Crippen molar-refractivity contribution in [2.24, 2.45) is 0 Å². The topological polar surface area (TPSA) is 87.7 Å². The molecular formula is C11H14N4O2S. The van der Waals surface area contributed by atoms with Crippen molar-refractivity contribution in [3.05, 3.63) is 36.0 Å². The molecule has 0 aliphatic rings. The third-order valence-corrected chi connectivity index (χ3v) is 3.77. The van der Waals surface area contributed by atoms with Gasteiger partial charge in [-0.25, -0.2) is 4.98 Å². The molecule has 2 aromatic heterocycles. The molecule has 0 spiro atoms. The number of aromatic nitrogens is 3. The molecule has 2 N–H and O–H groups in total. The minimum Gasteiger partial charge on any atom is -0.332 e. The Morgan fingerprint density at radius 3 is 2.78 bits per heavy atom. The summed E-state index contributed by atoms with van der Waals surface area (Å²) in [5, 5.41) is 0.0653. The number of hydrogen-bond acceptors (Lipinski definition) is 4. The van der Waals surface area contributed by atoms with Gasteiger partial charge in [-0.3, -0.25) is 9.71 Å². The van der Waals surface area contributed by atoms with Crippen LogP contribution in [-0.2, 0) is 16.4 Å². The van der Waals surface area contributed by atoms with E-state index in [1.807, 2.05) is 6.92 Å². The van der Waals surface area contributed by atoms with Gasteiger partial charge in [-0.1, -0.05) is 6.92 Å². The molecule has 2 heterocycles. The minimum absolute atomic E-state index is 0.0653. The Bertz CT molecular complexity index is 649. The van der Waals surface area contributed by atoms with E-state index in [4.69, 9.17) is 0 Å². The molecule has 0 fully saturated rings. The lowest BCUT2D eigenvalue weighted by Crippen LogP contribution is -2.14. The molecule has 0 amide bonds. The van der Waals surface area contributed by atoms with Gasteiger partial charge in [-0.05, 0) is 18.6 Å². The van der Waals surface area contributed by atoms with Gasteiger partial charge in [0.25, 0.3) is 10.0 Å². The Kier molecular flexibility index (Phi) is 3.33. The van der Waals surface area contributed by atoms with Crippen molar-refractivity contribution in [2.75, 3.05) is 4.72 Å². The van der Waals surface area contributed by atoms with Crippen molar-refractivity contribution in [1.82, 2.24) is 15.0 Å².